The zero-order valence-corrected chi connectivity index (χ0v) is 26.4. The number of carbonyl (C=O) groups is 2. The highest BCUT2D eigenvalue weighted by atomic mass is 16.7. The maximum Gasteiger partial charge on any atom is 0.306 e. The van der Waals surface area contributed by atoms with Gasteiger partial charge in [0, 0.05) is 12.8 Å². The van der Waals surface area contributed by atoms with Gasteiger partial charge in [-0.1, -0.05) is 58.8 Å². The topological polar surface area (TPSA) is 231 Å². The maximum atomic E-state index is 12.5. The highest BCUT2D eigenvalue weighted by Gasteiger charge is 2.47. The van der Waals surface area contributed by atoms with Gasteiger partial charge in [0.15, 0.2) is 18.7 Å². The molecular formula is C30H54O15. The Balaban J connectivity index is 1.92. The zero-order chi connectivity index (χ0) is 33.4. The Kier molecular flexibility index (Phi) is 18.9. The van der Waals surface area contributed by atoms with Gasteiger partial charge in [0.05, 0.1) is 19.8 Å². The number of hydrogen-bond donors (Lipinski definition) is 7. The van der Waals surface area contributed by atoms with E-state index in [4.69, 9.17) is 28.4 Å². The number of aliphatic hydroxyl groups excluding tert-OH is 7. The summed E-state index contributed by atoms with van der Waals surface area (Å²) in [4.78, 5) is 24.5. The van der Waals surface area contributed by atoms with Gasteiger partial charge in [-0.15, -0.1) is 0 Å². The third-order valence-corrected chi connectivity index (χ3v) is 7.81. The van der Waals surface area contributed by atoms with E-state index < -0.39 is 92.7 Å². The molecule has 0 aromatic carbocycles. The maximum absolute atomic E-state index is 12.5. The van der Waals surface area contributed by atoms with Crippen molar-refractivity contribution in [2.45, 2.75) is 152 Å². The summed E-state index contributed by atoms with van der Waals surface area (Å²) in [6.07, 6.45) is -7.48. The van der Waals surface area contributed by atoms with Gasteiger partial charge in [-0.05, 0) is 12.8 Å². The standard InChI is InChI=1S/C30H54O15/c1-3-5-6-7-8-9-10-11-13-22(33)43-18(15-40-21(32)12-4-2)16-41-29-28(39)26(37)24(35)20(45-29)17-42-30-27(38)25(36)23(34)19(14-31)44-30/h18-20,23-31,34-39H,3-17H2,1-2H3. The molecule has 45 heavy (non-hydrogen) atoms. The Hall–Kier alpha value is -1.50. The van der Waals surface area contributed by atoms with Crippen LogP contribution >= 0.6 is 0 Å². The third kappa shape index (κ3) is 13.3. The van der Waals surface area contributed by atoms with E-state index in [0.717, 1.165) is 19.3 Å². The fourth-order valence-electron chi connectivity index (χ4n) is 5.02. The summed E-state index contributed by atoms with van der Waals surface area (Å²) in [5.74, 6) is -0.993. The summed E-state index contributed by atoms with van der Waals surface area (Å²) in [6.45, 7) is 2.08. The average molecular weight is 655 g/mol. The van der Waals surface area contributed by atoms with Gasteiger partial charge in [-0.2, -0.15) is 0 Å². The van der Waals surface area contributed by atoms with E-state index in [1.807, 2.05) is 6.92 Å². The van der Waals surface area contributed by atoms with Crippen LogP contribution in [0.5, 0.6) is 0 Å². The summed E-state index contributed by atoms with van der Waals surface area (Å²) in [6, 6.07) is 0. The lowest BCUT2D eigenvalue weighted by atomic mass is 9.98. The number of esters is 2. The second kappa shape index (κ2) is 21.4. The van der Waals surface area contributed by atoms with Gasteiger partial charge in [-0.25, -0.2) is 0 Å². The number of ether oxygens (including phenoxy) is 6. The Morgan fingerprint density at radius 3 is 1.78 bits per heavy atom. The molecule has 2 rings (SSSR count). The first-order chi connectivity index (χ1) is 21.5. The molecule has 2 fully saturated rings. The minimum absolute atomic E-state index is 0.166. The molecule has 7 N–H and O–H groups in total. The van der Waals surface area contributed by atoms with E-state index in [-0.39, 0.29) is 26.1 Å². The quantitative estimate of drug-likeness (QED) is 0.0606. The van der Waals surface area contributed by atoms with Crippen molar-refractivity contribution >= 4 is 11.9 Å². The zero-order valence-electron chi connectivity index (χ0n) is 26.4. The number of unbranched alkanes of at least 4 members (excludes halogenated alkanes) is 7. The molecule has 264 valence electrons. The number of rotatable bonds is 21. The van der Waals surface area contributed by atoms with Crippen LogP contribution in [0, 0.1) is 0 Å². The SMILES string of the molecule is CCCCCCCCCCC(=O)OC(COC(=O)CCC)COC1OC(COC2OC(CO)C(O)C(O)C2O)C(O)C(O)C1O. The van der Waals surface area contributed by atoms with Crippen LogP contribution in [0.2, 0.25) is 0 Å². The first-order valence-electron chi connectivity index (χ1n) is 16.1. The summed E-state index contributed by atoms with van der Waals surface area (Å²) in [7, 11) is 0. The molecule has 15 heteroatoms. The minimum atomic E-state index is -1.75. The summed E-state index contributed by atoms with van der Waals surface area (Å²) in [5.41, 5.74) is 0. The van der Waals surface area contributed by atoms with E-state index in [1.165, 1.54) is 25.7 Å². The summed E-state index contributed by atoms with van der Waals surface area (Å²) >= 11 is 0. The van der Waals surface area contributed by atoms with Crippen molar-refractivity contribution < 1.29 is 73.8 Å². The van der Waals surface area contributed by atoms with E-state index in [2.05, 4.69) is 6.92 Å². The Labute approximate surface area is 264 Å². The van der Waals surface area contributed by atoms with E-state index >= 15 is 0 Å². The van der Waals surface area contributed by atoms with Gasteiger partial charge in [0.2, 0.25) is 0 Å². The molecule has 0 aromatic heterocycles. The lowest BCUT2D eigenvalue weighted by molar-refractivity contribution is -0.332. The molecule has 2 aliphatic rings. The molecule has 0 aliphatic carbocycles. The van der Waals surface area contributed by atoms with Crippen LogP contribution in [0.25, 0.3) is 0 Å². The smallest absolute Gasteiger partial charge is 0.306 e. The van der Waals surface area contributed by atoms with E-state index in [9.17, 15) is 45.3 Å². The number of hydrogen-bond acceptors (Lipinski definition) is 15. The molecule has 0 aromatic rings. The second-order valence-electron chi connectivity index (χ2n) is 11.6. The molecule has 2 aliphatic heterocycles. The number of aliphatic hydroxyl groups is 7. The van der Waals surface area contributed by atoms with E-state index in [1.54, 1.807) is 0 Å². The van der Waals surface area contributed by atoms with Gasteiger partial charge < -0.3 is 64.2 Å². The van der Waals surface area contributed by atoms with Gasteiger partial charge in [0.1, 0.15) is 55.4 Å². The monoisotopic (exact) mass is 654 g/mol. The van der Waals surface area contributed by atoms with Crippen molar-refractivity contribution in [1.29, 1.82) is 0 Å². The molecular weight excluding hydrogens is 600 g/mol. The molecule has 15 nitrogen and oxygen atoms in total. The molecule has 2 heterocycles. The molecule has 11 unspecified atom stereocenters. The predicted octanol–water partition coefficient (Wildman–Crippen LogP) is -0.587. The van der Waals surface area contributed by atoms with Crippen molar-refractivity contribution in [3.05, 3.63) is 0 Å². The average Bonchev–Trinajstić information content (AvgIpc) is 3.02. The van der Waals surface area contributed by atoms with Crippen LogP contribution in [0.3, 0.4) is 0 Å². The van der Waals surface area contributed by atoms with Crippen LogP contribution < -0.4 is 0 Å². The van der Waals surface area contributed by atoms with Crippen molar-refractivity contribution in [3.8, 4) is 0 Å². The first kappa shape index (κ1) is 39.7. The highest BCUT2D eigenvalue weighted by molar-refractivity contribution is 5.70. The molecule has 0 saturated carbocycles. The van der Waals surface area contributed by atoms with Crippen LogP contribution in [0.4, 0.5) is 0 Å². The highest BCUT2D eigenvalue weighted by Crippen LogP contribution is 2.26. The van der Waals surface area contributed by atoms with Crippen LogP contribution in [-0.2, 0) is 38.0 Å². The normalized spacial score (nSPS) is 32.6. The Morgan fingerprint density at radius 1 is 0.622 bits per heavy atom. The van der Waals surface area contributed by atoms with Crippen molar-refractivity contribution in [3.63, 3.8) is 0 Å². The fraction of sp³-hybridized carbons (Fsp3) is 0.933. The van der Waals surface area contributed by atoms with Gasteiger partial charge in [0.25, 0.3) is 0 Å². The lowest BCUT2D eigenvalue weighted by Gasteiger charge is -2.42. The minimum Gasteiger partial charge on any atom is -0.462 e. The van der Waals surface area contributed by atoms with Crippen molar-refractivity contribution in [1.82, 2.24) is 0 Å². The lowest BCUT2D eigenvalue weighted by Crippen LogP contribution is -2.61. The number of carbonyl (C=O) groups excluding carboxylic acids is 2. The summed E-state index contributed by atoms with van der Waals surface area (Å²) in [5, 5.41) is 70.8. The largest absolute Gasteiger partial charge is 0.462 e. The van der Waals surface area contributed by atoms with Crippen molar-refractivity contribution in [2.75, 3.05) is 26.4 Å². The molecule has 0 radical (unpaired) electrons. The Morgan fingerprint density at radius 2 is 1.18 bits per heavy atom. The molecule has 0 amide bonds. The van der Waals surface area contributed by atoms with Crippen LogP contribution in [0.1, 0.15) is 84.5 Å². The third-order valence-electron chi connectivity index (χ3n) is 7.81. The summed E-state index contributed by atoms with van der Waals surface area (Å²) < 4.78 is 32.6. The van der Waals surface area contributed by atoms with Crippen LogP contribution in [-0.4, -0.2) is 142 Å². The predicted molar refractivity (Wildman–Crippen MR) is 155 cm³/mol. The molecule has 0 spiro atoms. The first-order valence-corrected chi connectivity index (χ1v) is 16.1. The van der Waals surface area contributed by atoms with E-state index in [0.29, 0.717) is 12.8 Å². The van der Waals surface area contributed by atoms with Gasteiger partial charge >= 0.3 is 11.9 Å². The fourth-order valence-corrected chi connectivity index (χ4v) is 5.02. The van der Waals surface area contributed by atoms with Crippen molar-refractivity contribution in [2.24, 2.45) is 0 Å². The molecule has 2 saturated heterocycles. The molecule has 0 bridgehead atoms. The second-order valence-corrected chi connectivity index (χ2v) is 11.6. The molecule has 11 atom stereocenters. The Bertz CT molecular complexity index is 829. The van der Waals surface area contributed by atoms with Crippen LogP contribution in [0.15, 0.2) is 0 Å². The van der Waals surface area contributed by atoms with Gasteiger partial charge in [-0.3, -0.25) is 9.59 Å².